The molecule has 2 aromatic rings. The summed E-state index contributed by atoms with van der Waals surface area (Å²) >= 11 is 0. The molecule has 7 heteroatoms. The lowest BCUT2D eigenvalue weighted by Crippen LogP contribution is -2.48. The molecule has 0 saturated carbocycles. The number of amides is 1. The Morgan fingerprint density at radius 2 is 1.52 bits per heavy atom. The quantitative estimate of drug-likeness (QED) is 0.763. The maximum atomic E-state index is 13.2. The van der Waals surface area contributed by atoms with E-state index in [0.717, 1.165) is 28.3 Å². The van der Waals surface area contributed by atoms with Crippen LogP contribution >= 0.6 is 0 Å². The Bertz CT molecular complexity index is 949. The van der Waals surface area contributed by atoms with Crippen LogP contribution in [0.4, 0.5) is 10.1 Å². The summed E-state index contributed by atoms with van der Waals surface area (Å²) in [5.74, 6) is -0.918. The topological polar surface area (TPSA) is 66.5 Å². The average Bonchev–Trinajstić information content (AvgIpc) is 2.61. The van der Waals surface area contributed by atoms with Gasteiger partial charge in [-0.2, -0.15) is 0 Å². The zero-order valence-electron chi connectivity index (χ0n) is 17.7. The van der Waals surface area contributed by atoms with Crippen LogP contribution in [0.2, 0.25) is 0 Å². The second-order valence-corrected chi connectivity index (χ2v) is 10.2. The van der Waals surface area contributed by atoms with Crippen LogP contribution in [0.1, 0.15) is 51.8 Å². The zero-order valence-corrected chi connectivity index (χ0v) is 18.5. The molecule has 0 aliphatic rings. The lowest BCUT2D eigenvalue weighted by molar-refractivity contribution is -0.122. The van der Waals surface area contributed by atoms with Crippen molar-refractivity contribution in [1.29, 1.82) is 0 Å². The molecule has 158 valence electrons. The molecule has 0 aliphatic carbocycles. The molecule has 2 rings (SSSR count). The number of hydrogen-bond donors (Lipinski definition) is 1. The van der Waals surface area contributed by atoms with Crippen LogP contribution in [0, 0.1) is 5.82 Å². The number of hydrogen-bond acceptors (Lipinski definition) is 3. The number of benzene rings is 2. The Kier molecular flexibility index (Phi) is 6.73. The maximum absolute atomic E-state index is 13.2. The van der Waals surface area contributed by atoms with Gasteiger partial charge in [-0.05, 0) is 54.7 Å². The van der Waals surface area contributed by atoms with Gasteiger partial charge in [-0.25, -0.2) is 12.8 Å². The smallest absolute Gasteiger partial charge is 0.244 e. The minimum Gasteiger partial charge on any atom is -0.348 e. The van der Waals surface area contributed by atoms with Crippen molar-refractivity contribution in [2.75, 3.05) is 10.6 Å². The summed E-state index contributed by atoms with van der Waals surface area (Å²) < 4.78 is 38.8. The van der Waals surface area contributed by atoms with E-state index in [0.29, 0.717) is 0 Å². The lowest BCUT2D eigenvalue weighted by Gasteiger charge is -2.29. The number of rotatable bonds is 6. The molecule has 0 saturated heterocycles. The molecule has 0 unspecified atom stereocenters. The van der Waals surface area contributed by atoms with E-state index < -0.39 is 27.8 Å². The van der Waals surface area contributed by atoms with Gasteiger partial charge in [0.2, 0.25) is 15.9 Å². The van der Waals surface area contributed by atoms with Crippen molar-refractivity contribution in [3.8, 4) is 0 Å². The van der Waals surface area contributed by atoms with Crippen LogP contribution in [0.25, 0.3) is 0 Å². The van der Waals surface area contributed by atoms with E-state index in [1.165, 1.54) is 24.6 Å². The summed E-state index contributed by atoms with van der Waals surface area (Å²) in [6.45, 7) is 9.74. The first-order valence-electron chi connectivity index (χ1n) is 9.46. The van der Waals surface area contributed by atoms with E-state index >= 15 is 0 Å². The first-order chi connectivity index (χ1) is 13.3. The highest BCUT2D eigenvalue weighted by molar-refractivity contribution is 7.92. The van der Waals surface area contributed by atoms with Gasteiger partial charge in [0.05, 0.1) is 18.0 Å². The molecule has 1 N–H and O–H groups in total. The fourth-order valence-electron chi connectivity index (χ4n) is 3.09. The van der Waals surface area contributed by atoms with Crippen molar-refractivity contribution in [3.63, 3.8) is 0 Å². The number of halogens is 1. The molecule has 0 bridgehead atoms. The summed E-state index contributed by atoms with van der Waals surface area (Å²) in [4.78, 5) is 12.8. The molecule has 5 nitrogen and oxygen atoms in total. The first kappa shape index (κ1) is 22.9. The fraction of sp³-hybridized carbons (Fsp3) is 0.409. The predicted octanol–water partition coefficient (Wildman–Crippen LogP) is 4.16. The predicted molar refractivity (Wildman–Crippen MR) is 115 cm³/mol. The third kappa shape index (κ3) is 5.79. The van der Waals surface area contributed by atoms with Gasteiger partial charge in [-0.15, -0.1) is 0 Å². The molecule has 2 aromatic carbocycles. The van der Waals surface area contributed by atoms with E-state index in [1.807, 2.05) is 31.2 Å². The van der Waals surface area contributed by atoms with Gasteiger partial charge >= 0.3 is 0 Å². The monoisotopic (exact) mass is 420 g/mol. The number of carbonyl (C=O) groups excluding carboxylic acids is 1. The van der Waals surface area contributed by atoms with Crippen LogP contribution in [0.5, 0.6) is 0 Å². The number of anilines is 1. The third-order valence-electron chi connectivity index (χ3n) is 4.81. The SMILES string of the molecule is C[C@H](C(=O)N[C@H](C)c1ccc(C(C)(C)C)cc1)N(c1ccc(F)cc1)S(C)(=O)=O. The minimum atomic E-state index is -3.75. The van der Waals surface area contributed by atoms with Gasteiger partial charge in [0.15, 0.2) is 0 Å². The molecular formula is C22H29FN2O3S. The zero-order chi connectivity index (χ0) is 22.0. The molecule has 1 amide bonds. The van der Waals surface area contributed by atoms with Gasteiger partial charge in [0, 0.05) is 0 Å². The van der Waals surface area contributed by atoms with Gasteiger partial charge < -0.3 is 5.32 Å². The molecular weight excluding hydrogens is 391 g/mol. The second kappa shape index (κ2) is 8.53. The fourth-order valence-corrected chi connectivity index (χ4v) is 4.26. The molecule has 0 aromatic heterocycles. The summed E-state index contributed by atoms with van der Waals surface area (Å²) in [7, 11) is -3.75. The molecule has 0 spiro atoms. The highest BCUT2D eigenvalue weighted by atomic mass is 32.2. The van der Waals surface area contributed by atoms with Crippen LogP contribution in [0.3, 0.4) is 0 Å². The lowest BCUT2D eigenvalue weighted by atomic mass is 9.86. The highest BCUT2D eigenvalue weighted by Crippen LogP contribution is 2.25. The van der Waals surface area contributed by atoms with E-state index in [4.69, 9.17) is 0 Å². The van der Waals surface area contributed by atoms with Crippen LogP contribution < -0.4 is 9.62 Å². The molecule has 0 aliphatic heterocycles. The van der Waals surface area contributed by atoms with Crippen molar-refractivity contribution in [2.45, 2.75) is 52.1 Å². The molecule has 0 fully saturated rings. The minimum absolute atomic E-state index is 0.0324. The third-order valence-corrected chi connectivity index (χ3v) is 6.05. The number of sulfonamides is 1. The van der Waals surface area contributed by atoms with Crippen molar-refractivity contribution >= 4 is 21.6 Å². The van der Waals surface area contributed by atoms with E-state index in [1.54, 1.807) is 0 Å². The van der Waals surface area contributed by atoms with E-state index in [-0.39, 0.29) is 17.1 Å². The Hall–Kier alpha value is -2.41. The van der Waals surface area contributed by atoms with Gasteiger partial charge in [-0.1, -0.05) is 45.0 Å². The van der Waals surface area contributed by atoms with Crippen molar-refractivity contribution in [2.24, 2.45) is 0 Å². The maximum Gasteiger partial charge on any atom is 0.244 e. The number of nitrogens with one attached hydrogen (secondary N) is 1. The molecule has 0 heterocycles. The van der Waals surface area contributed by atoms with Crippen LogP contribution in [-0.2, 0) is 20.2 Å². The second-order valence-electron chi connectivity index (χ2n) is 8.31. The Morgan fingerprint density at radius 3 is 1.97 bits per heavy atom. The Labute approximate surface area is 173 Å². The first-order valence-corrected chi connectivity index (χ1v) is 11.3. The number of nitrogens with zero attached hydrogens (tertiary/aromatic N) is 1. The van der Waals surface area contributed by atoms with Gasteiger partial charge in [-0.3, -0.25) is 9.10 Å². The summed E-state index contributed by atoms with van der Waals surface area (Å²) in [6.07, 6.45) is 1.02. The summed E-state index contributed by atoms with van der Waals surface area (Å²) in [5.41, 5.74) is 2.38. The highest BCUT2D eigenvalue weighted by Gasteiger charge is 2.30. The van der Waals surface area contributed by atoms with Crippen LogP contribution in [0.15, 0.2) is 48.5 Å². The average molecular weight is 421 g/mol. The summed E-state index contributed by atoms with van der Waals surface area (Å²) in [5, 5.41) is 2.87. The Morgan fingerprint density at radius 1 is 1.00 bits per heavy atom. The van der Waals surface area contributed by atoms with Gasteiger partial charge in [0.1, 0.15) is 11.9 Å². The van der Waals surface area contributed by atoms with Crippen LogP contribution in [-0.4, -0.2) is 26.6 Å². The molecule has 0 radical (unpaired) electrons. The Balaban J connectivity index is 2.19. The van der Waals surface area contributed by atoms with Gasteiger partial charge in [0.25, 0.3) is 0 Å². The largest absolute Gasteiger partial charge is 0.348 e. The van der Waals surface area contributed by atoms with Crippen molar-refractivity contribution in [3.05, 3.63) is 65.5 Å². The van der Waals surface area contributed by atoms with Crippen molar-refractivity contribution < 1.29 is 17.6 Å². The van der Waals surface area contributed by atoms with E-state index in [9.17, 15) is 17.6 Å². The normalized spacial score (nSPS) is 14.2. The van der Waals surface area contributed by atoms with E-state index in [2.05, 4.69) is 26.1 Å². The molecule has 29 heavy (non-hydrogen) atoms. The number of carbonyl (C=O) groups is 1. The summed E-state index contributed by atoms with van der Waals surface area (Å²) in [6, 6.07) is 11.7. The van der Waals surface area contributed by atoms with Crippen molar-refractivity contribution in [1.82, 2.24) is 5.32 Å². The standard InChI is InChI=1S/C22H29FN2O3S/c1-15(17-7-9-18(10-8-17)22(3,4)5)24-21(26)16(2)25(29(6,27)28)20-13-11-19(23)12-14-20/h7-16H,1-6H3,(H,24,26)/t15-,16-/m1/s1. The molecule has 2 atom stereocenters.